The molecule has 0 bridgehead atoms. The Bertz CT molecular complexity index is 614. The summed E-state index contributed by atoms with van der Waals surface area (Å²) in [4.78, 5) is 11.8. The largest absolute Gasteiger partial charge is 0.484 e. The van der Waals surface area contributed by atoms with Crippen molar-refractivity contribution in [2.24, 2.45) is 0 Å². The van der Waals surface area contributed by atoms with Gasteiger partial charge in [0.2, 0.25) is 0 Å². The van der Waals surface area contributed by atoms with Crippen LogP contribution in [0.25, 0.3) is 0 Å². The van der Waals surface area contributed by atoms with Crippen LogP contribution in [-0.4, -0.2) is 12.5 Å². The third-order valence-electron chi connectivity index (χ3n) is 2.65. The number of ether oxygens (including phenoxy) is 1. The first-order chi connectivity index (χ1) is 9.54. The average molecular weight is 338 g/mol. The standard InChI is InChI=1S/C15H13BrFNO2/c1-10-8-12(17)4-7-14(10)18-15(19)9-20-13-5-2-11(16)3-6-13/h2-8H,9H2,1H3,(H,18,19). The number of rotatable bonds is 4. The van der Waals surface area contributed by atoms with Gasteiger partial charge in [0.05, 0.1) is 0 Å². The molecule has 0 aliphatic rings. The van der Waals surface area contributed by atoms with E-state index in [9.17, 15) is 9.18 Å². The van der Waals surface area contributed by atoms with Crippen molar-refractivity contribution < 1.29 is 13.9 Å². The van der Waals surface area contributed by atoms with E-state index in [1.165, 1.54) is 18.2 Å². The molecule has 1 N–H and O–H groups in total. The lowest BCUT2D eigenvalue weighted by molar-refractivity contribution is -0.118. The number of carbonyl (C=O) groups is 1. The molecule has 2 aromatic rings. The molecule has 0 fully saturated rings. The molecule has 0 aliphatic carbocycles. The Morgan fingerprint density at radius 1 is 1.25 bits per heavy atom. The number of aryl methyl sites for hydroxylation is 1. The summed E-state index contributed by atoms with van der Waals surface area (Å²) in [6, 6.07) is 11.4. The number of nitrogens with one attached hydrogen (secondary N) is 1. The number of amides is 1. The molecule has 104 valence electrons. The maximum absolute atomic E-state index is 12.9. The van der Waals surface area contributed by atoms with Gasteiger partial charge in [-0.15, -0.1) is 0 Å². The van der Waals surface area contributed by atoms with Crippen LogP contribution < -0.4 is 10.1 Å². The summed E-state index contributed by atoms with van der Waals surface area (Å²) >= 11 is 3.32. The highest BCUT2D eigenvalue weighted by Gasteiger charge is 2.06. The van der Waals surface area contributed by atoms with Gasteiger partial charge in [0.15, 0.2) is 6.61 Å². The number of halogens is 2. The second kappa shape index (κ2) is 6.52. The van der Waals surface area contributed by atoms with E-state index < -0.39 is 0 Å². The van der Waals surface area contributed by atoms with Gasteiger partial charge >= 0.3 is 0 Å². The average Bonchev–Trinajstić information content (AvgIpc) is 2.41. The Morgan fingerprint density at radius 3 is 2.60 bits per heavy atom. The highest BCUT2D eigenvalue weighted by atomic mass is 79.9. The van der Waals surface area contributed by atoms with Gasteiger partial charge < -0.3 is 10.1 Å². The molecular weight excluding hydrogens is 325 g/mol. The first-order valence-electron chi connectivity index (χ1n) is 5.99. The Kier molecular flexibility index (Phi) is 4.74. The maximum atomic E-state index is 12.9. The molecule has 5 heteroatoms. The number of anilines is 1. The fraction of sp³-hybridized carbons (Fsp3) is 0.133. The van der Waals surface area contributed by atoms with E-state index in [0.29, 0.717) is 17.0 Å². The molecule has 0 aliphatic heterocycles. The van der Waals surface area contributed by atoms with Crippen LogP contribution in [0.1, 0.15) is 5.56 Å². The van der Waals surface area contributed by atoms with Crippen molar-refractivity contribution in [3.8, 4) is 5.75 Å². The van der Waals surface area contributed by atoms with Gasteiger partial charge in [-0.2, -0.15) is 0 Å². The summed E-state index contributed by atoms with van der Waals surface area (Å²) in [6.45, 7) is 1.63. The van der Waals surface area contributed by atoms with Crippen molar-refractivity contribution in [2.45, 2.75) is 6.92 Å². The van der Waals surface area contributed by atoms with Crippen LogP contribution in [0.2, 0.25) is 0 Å². The van der Waals surface area contributed by atoms with Crippen molar-refractivity contribution in [1.29, 1.82) is 0 Å². The van der Waals surface area contributed by atoms with E-state index in [1.807, 2.05) is 12.1 Å². The molecule has 2 rings (SSSR count). The number of carbonyl (C=O) groups excluding carboxylic acids is 1. The van der Waals surface area contributed by atoms with Crippen molar-refractivity contribution in [3.05, 3.63) is 58.3 Å². The quantitative estimate of drug-likeness (QED) is 0.918. The SMILES string of the molecule is Cc1cc(F)ccc1NC(=O)COc1ccc(Br)cc1. The van der Waals surface area contributed by atoms with Crippen LogP contribution in [0.5, 0.6) is 5.75 Å². The molecule has 0 heterocycles. The predicted octanol–water partition coefficient (Wildman–Crippen LogP) is 3.91. The zero-order valence-corrected chi connectivity index (χ0v) is 12.4. The van der Waals surface area contributed by atoms with E-state index >= 15 is 0 Å². The summed E-state index contributed by atoms with van der Waals surface area (Å²) in [7, 11) is 0. The minimum absolute atomic E-state index is 0.0988. The molecule has 3 nitrogen and oxygen atoms in total. The molecule has 2 aromatic carbocycles. The second-order valence-electron chi connectivity index (χ2n) is 4.25. The Labute approximate surface area is 124 Å². The van der Waals surface area contributed by atoms with E-state index in [-0.39, 0.29) is 18.3 Å². The molecular formula is C15H13BrFNO2. The topological polar surface area (TPSA) is 38.3 Å². The highest BCUT2D eigenvalue weighted by Crippen LogP contribution is 2.17. The summed E-state index contributed by atoms with van der Waals surface area (Å²) in [6.07, 6.45) is 0. The van der Waals surface area contributed by atoms with E-state index in [4.69, 9.17) is 4.74 Å². The first-order valence-corrected chi connectivity index (χ1v) is 6.78. The second-order valence-corrected chi connectivity index (χ2v) is 5.17. The lowest BCUT2D eigenvalue weighted by atomic mass is 10.2. The Balaban J connectivity index is 1.90. The van der Waals surface area contributed by atoms with E-state index in [1.54, 1.807) is 19.1 Å². The van der Waals surface area contributed by atoms with Gasteiger partial charge in [-0.25, -0.2) is 4.39 Å². The van der Waals surface area contributed by atoms with Crippen molar-refractivity contribution in [2.75, 3.05) is 11.9 Å². The van der Waals surface area contributed by atoms with Crippen LogP contribution in [0.4, 0.5) is 10.1 Å². The van der Waals surface area contributed by atoms with Gasteiger partial charge in [-0.1, -0.05) is 15.9 Å². The fourth-order valence-electron chi connectivity index (χ4n) is 1.63. The minimum Gasteiger partial charge on any atom is -0.484 e. The third-order valence-corrected chi connectivity index (χ3v) is 3.17. The molecule has 0 spiro atoms. The summed E-state index contributed by atoms with van der Waals surface area (Å²) in [5, 5.41) is 2.68. The first kappa shape index (κ1) is 14.5. The van der Waals surface area contributed by atoms with Crippen LogP contribution in [-0.2, 0) is 4.79 Å². The molecule has 0 radical (unpaired) electrons. The van der Waals surface area contributed by atoms with Gasteiger partial charge in [0, 0.05) is 10.2 Å². The van der Waals surface area contributed by atoms with Gasteiger partial charge in [0.1, 0.15) is 11.6 Å². The van der Waals surface area contributed by atoms with Crippen LogP contribution in [0, 0.1) is 12.7 Å². The number of benzene rings is 2. The summed E-state index contributed by atoms with van der Waals surface area (Å²) < 4.78 is 19.2. The summed E-state index contributed by atoms with van der Waals surface area (Å²) in [5.41, 5.74) is 1.25. The smallest absolute Gasteiger partial charge is 0.262 e. The highest BCUT2D eigenvalue weighted by molar-refractivity contribution is 9.10. The van der Waals surface area contributed by atoms with Crippen molar-refractivity contribution in [3.63, 3.8) is 0 Å². The van der Waals surface area contributed by atoms with Gasteiger partial charge in [-0.3, -0.25) is 4.79 Å². The Hall–Kier alpha value is -1.88. The molecule has 0 saturated heterocycles. The zero-order valence-electron chi connectivity index (χ0n) is 10.8. The normalized spacial score (nSPS) is 10.2. The number of hydrogen-bond donors (Lipinski definition) is 1. The Morgan fingerprint density at radius 2 is 1.95 bits per heavy atom. The fourth-order valence-corrected chi connectivity index (χ4v) is 1.90. The monoisotopic (exact) mass is 337 g/mol. The van der Waals surface area contributed by atoms with Crippen LogP contribution >= 0.6 is 15.9 Å². The van der Waals surface area contributed by atoms with Crippen LogP contribution in [0.3, 0.4) is 0 Å². The van der Waals surface area contributed by atoms with Gasteiger partial charge in [0.25, 0.3) is 5.91 Å². The molecule has 1 amide bonds. The van der Waals surface area contributed by atoms with E-state index in [0.717, 1.165) is 4.47 Å². The molecule has 0 saturated carbocycles. The predicted molar refractivity (Wildman–Crippen MR) is 79.4 cm³/mol. The van der Waals surface area contributed by atoms with Crippen molar-refractivity contribution in [1.82, 2.24) is 0 Å². The molecule has 0 aromatic heterocycles. The lowest BCUT2D eigenvalue weighted by Gasteiger charge is -2.09. The molecule has 0 unspecified atom stereocenters. The van der Waals surface area contributed by atoms with Crippen LogP contribution in [0.15, 0.2) is 46.9 Å². The maximum Gasteiger partial charge on any atom is 0.262 e. The third kappa shape index (κ3) is 4.06. The summed E-state index contributed by atoms with van der Waals surface area (Å²) in [5.74, 6) is -0.00610. The molecule has 20 heavy (non-hydrogen) atoms. The van der Waals surface area contributed by atoms with E-state index in [2.05, 4.69) is 21.2 Å². The number of hydrogen-bond acceptors (Lipinski definition) is 2. The zero-order chi connectivity index (χ0) is 14.5. The minimum atomic E-state index is -0.327. The van der Waals surface area contributed by atoms with Crippen molar-refractivity contribution >= 4 is 27.5 Å². The lowest BCUT2D eigenvalue weighted by Crippen LogP contribution is -2.20. The van der Waals surface area contributed by atoms with Gasteiger partial charge in [-0.05, 0) is 55.0 Å². The molecule has 0 atom stereocenters.